The molecule has 7 heteroatoms. The molecule has 0 radical (unpaired) electrons. The average molecular weight is 311 g/mol. The van der Waals surface area contributed by atoms with Gasteiger partial charge in [0, 0.05) is 22.8 Å². The quantitative estimate of drug-likeness (QED) is 0.802. The minimum atomic E-state index is -1.04. The predicted molar refractivity (Wildman–Crippen MR) is 84.4 cm³/mol. The summed E-state index contributed by atoms with van der Waals surface area (Å²) in [5.74, 6) is -0.247. The van der Waals surface area contributed by atoms with Crippen LogP contribution in [0.15, 0.2) is 24.4 Å². The third-order valence-electron chi connectivity index (χ3n) is 3.62. The lowest BCUT2D eigenvalue weighted by atomic mass is 10.3. The van der Waals surface area contributed by atoms with Crippen LogP contribution in [0.2, 0.25) is 0 Å². The second-order valence-electron chi connectivity index (χ2n) is 5.50. The number of hydrogen-bond donors (Lipinski definition) is 1. The first kappa shape index (κ1) is 15.0. The summed E-state index contributed by atoms with van der Waals surface area (Å²) >= 11 is 0. The normalized spacial score (nSPS) is 11.0. The minimum Gasteiger partial charge on any atom is -0.477 e. The topological polar surface area (TPSA) is 85.8 Å². The second-order valence-corrected chi connectivity index (χ2v) is 5.50. The van der Waals surface area contributed by atoms with Gasteiger partial charge in [0.2, 0.25) is 0 Å². The van der Waals surface area contributed by atoms with E-state index in [1.807, 2.05) is 50.5 Å². The molecule has 0 saturated carbocycles. The Morgan fingerprint density at radius 3 is 2.13 bits per heavy atom. The summed E-state index contributed by atoms with van der Waals surface area (Å²) in [6.45, 7) is 7.56. The molecule has 1 N–H and O–H groups in total. The van der Waals surface area contributed by atoms with E-state index >= 15 is 0 Å². The summed E-state index contributed by atoms with van der Waals surface area (Å²) in [7, 11) is 0. The van der Waals surface area contributed by atoms with E-state index in [2.05, 4.69) is 15.1 Å². The molecule has 3 aromatic rings. The van der Waals surface area contributed by atoms with E-state index in [0.29, 0.717) is 11.8 Å². The number of aromatic nitrogens is 5. The van der Waals surface area contributed by atoms with Gasteiger partial charge in [-0.2, -0.15) is 9.78 Å². The number of hydrogen-bond acceptors (Lipinski definition) is 4. The van der Waals surface area contributed by atoms with Crippen molar-refractivity contribution in [3.8, 4) is 11.8 Å². The number of nitrogens with zero attached hydrogens (tertiary/aromatic N) is 5. The van der Waals surface area contributed by atoms with Crippen LogP contribution in [0.4, 0.5) is 0 Å². The molecule has 0 spiro atoms. The highest BCUT2D eigenvalue weighted by Gasteiger charge is 2.22. The Labute approximate surface area is 133 Å². The molecular formula is C16H17N5O2. The van der Waals surface area contributed by atoms with Crippen molar-refractivity contribution in [1.82, 2.24) is 24.3 Å². The zero-order chi connectivity index (χ0) is 16.7. The van der Waals surface area contributed by atoms with Gasteiger partial charge in [-0.3, -0.25) is 0 Å². The molecule has 3 heterocycles. The van der Waals surface area contributed by atoms with Crippen molar-refractivity contribution in [2.75, 3.05) is 0 Å². The van der Waals surface area contributed by atoms with E-state index in [4.69, 9.17) is 0 Å². The van der Waals surface area contributed by atoms with Crippen LogP contribution < -0.4 is 0 Å². The summed E-state index contributed by atoms with van der Waals surface area (Å²) in [4.78, 5) is 20.4. The van der Waals surface area contributed by atoms with Gasteiger partial charge >= 0.3 is 5.97 Å². The Morgan fingerprint density at radius 2 is 1.61 bits per heavy atom. The molecule has 0 aliphatic carbocycles. The van der Waals surface area contributed by atoms with Crippen molar-refractivity contribution in [3.05, 3.63) is 52.7 Å². The highest BCUT2D eigenvalue weighted by Crippen LogP contribution is 2.22. The maximum Gasteiger partial charge on any atom is 0.341 e. The second kappa shape index (κ2) is 5.35. The molecule has 3 rings (SSSR count). The Hall–Kier alpha value is -2.96. The number of aromatic carboxylic acids is 1. The SMILES string of the molecule is Cc1cc(C)nc(-n2ncc(C(=O)O)c2-n2c(C)ccc2C)n1. The third kappa shape index (κ3) is 2.50. The van der Waals surface area contributed by atoms with Crippen LogP contribution in [-0.4, -0.2) is 35.4 Å². The standard InChI is InChI=1S/C16H17N5O2/c1-9-7-10(2)19-16(18-9)21-14(13(8-17-21)15(22)23)20-11(3)5-6-12(20)4/h5-8H,1-4H3,(H,22,23). The van der Waals surface area contributed by atoms with E-state index in [0.717, 1.165) is 22.8 Å². The molecule has 7 nitrogen and oxygen atoms in total. The first-order valence-electron chi connectivity index (χ1n) is 7.18. The predicted octanol–water partition coefficient (Wildman–Crippen LogP) is 2.38. The highest BCUT2D eigenvalue weighted by atomic mass is 16.4. The Kier molecular flexibility index (Phi) is 3.48. The van der Waals surface area contributed by atoms with Crippen LogP contribution in [0.1, 0.15) is 33.1 Å². The van der Waals surface area contributed by atoms with Crippen molar-refractivity contribution in [1.29, 1.82) is 0 Å². The van der Waals surface area contributed by atoms with Crippen LogP contribution in [0.3, 0.4) is 0 Å². The molecule has 0 fully saturated rings. The van der Waals surface area contributed by atoms with Gasteiger partial charge in [0.15, 0.2) is 5.82 Å². The van der Waals surface area contributed by atoms with Gasteiger partial charge < -0.3 is 9.67 Å². The van der Waals surface area contributed by atoms with Crippen LogP contribution in [0.25, 0.3) is 11.8 Å². The lowest BCUT2D eigenvalue weighted by molar-refractivity contribution is 0.0697. The third-order valence-corrected chi connectivity index (χ3v) is 3.62. The number of carbonyl (C=O) groups is 1. The summed E-state index contributed by atoms with van der Waals surface area (Å²) in [5, 5.41) is 13.7. The monoisotopic (exact) mass is 311 g/mol. The molecule has 0 unspecified atom stereocenters. The van der Waals surface area contributed by atoms with E-state index in [-0.39, 0.29) is 5.56 Å². The lowest BCUT2D eigenvalue weighted by Crippen LogP contribution is -2.14. The largest absolute Gasteiger partial charge is 0.477 e. The number of carboxylic acids is 1. The van der Waals surface area contributed by atoms with Crippen LogP contribution >= 0.6 is 0 Å². The van der Waals surface area contributed by atoms with Gasteiger partial charge in [0.1, 0.15) is 5.56 Å². The molecule has 0 atom stereocenters. The van der Waals surface area contributed by atoms with Crippen molar-refractivity contribution < 1.29 is 9.90 Å². The number of aryl methyl sites for hydroxylation is 4. The van der Waals surface area contributed by atoms with Crippen molar-refractivity contribution in [2.45, 2.75) is 27.7 Å². The van der Waals surface area contributed by atoms with Crippen LogP contribution in [0, 0.1) is 27.7 Å². The summed E-state index contributed by atoms with van der Waals surface area (Å²) in [5.41, 5.74) is 3.53. The Bertz CT molecular complexity index is 868. The van der Waals surface area contributed by atoms with Crippen LogP contribution in [0.5, 0.6) is 0 Å². The fraction of sp³-hybridized carbons (Fsp3) is 0.250. The molecule has 0 aliphatic heterocycles. The van der Waals surface area contributed by atoms with E-state index in [9.17, 15) is 9.90 Å². The molecule has 3 aromatic heterocycles. The van der Waals surface area contributed by atoms with Crippen LogP contribution in [-0.2, 0) is 0 Å². The molecule has 0 aromatic carbocycles. The zero-order valence-electron chi connectivity index (χ0n) is 13.4. The molecule has 0 aliphatic rings. The first-order chi connectivity index (χ1) is 10.9. The molecule has 118 valence electrons. The average Bonchev–Trinajstić information content (AvgIpc) is 3.01. The molecule has 23 heavy (non-hydrogen) atoms. The molecule has 0 saturated heterocycles. The van der Waals surface area contributed by atoms with E-state index in [1.54, 1.807) is 0 Å². The van der Waals surface area contributed by atoms with Gasteiger partial charge in [-0.15, -0.1) is 0 Å². The fourth-order valence-electron chi connectivity index (χ4n) is 2.66. The van der Waals surface area contributed by atoms with Crippen molar-refractivity contribution >= 4 is 5.97 Å². The van der Waals surface area contributed by atoms with Gasteiger partial charge in [-0.25, -0.2) is 14.8 Å². The fourth-order valence-corrected chi connectivity index (χ4v) is 2.66. The highest BCUT2D eigenvalue weighted by molar-refractivity contribution is 5.91. The summed E-state index contributed by atoms with van der Waals surface area (Å²) in [6.07, 6.45) is 1.33. The first-order valence-corrected chi connectivity index (χ1v) is 7.18. The van der Waals surface area contributed by atoms with E-state index < -0.39 is 5.97 Å². The van der Waals surface area contributed by atoms with E-state index in [1.165, 1.54) is 10.9 Å². The smallest absolute Gasteiger partial charge is 0.341 e. The van der Waals surface area contributed by atoms with Gasteiger partial charge in [-0.05, 0) is 45.9 Å². The Balaban J connectivity index is 2.33. The van der Waals surface area contributed by atoms with Crippen molar-refractivity contribution in [2.24, 2.45) is 0 Å². The van der Waals surface area contributed by atoms with Crippen molar-refractivity contribution in [3.63, 3.8) is 0 Å². The summed E-state index contributed by atoms with van der Waals surface area (Å²) in [6, 6.07) is 5.72. The van der Waals surface area contributed by atoms with Gasteiger partial charge in [0.25, 0.3) is 5.95 Å². The Morgan fingerprint density at radius 1 is 1.04 bits per heavy atom. The zero-order valence-corrected chi connectivity index (χ0v) is 13.4. The lowest BCUT2D eigenvalue weighted by Gasteiger charge is -2.13. The maximum atomic E-state index is 11.6. The minimum absolute atomic E-state index is 0.107. The van der Waals surface area contributed by atoms with Gasteiger partial charge in [-0.1, -0.05) is 0 Å². The molecule has 0 bridgehead atoms. The maximum absolute atomic E-state index is 11.6. The van der Waals surface area contributed by atoms with Gasteiger partial charge in [0.05, 0.1) is 6.20 Å². The number of carboxylic acid groups (broad SMARTS) is 1. The molecular weight excluding hydrogens is 294 g/mol. The number of rotatable bonds is 3. The summed E-state index contributed by atoms with van der Waals surface area (Å²) < 4.78 is 3.32. The molecule has 0 amide bonds.